The topological polar surface area (TPSA) is 55.4 Å². The maximum absolute atomic E-state index is 10.7. The quantitative estimate of drug-likeness (QED) is 0.475. The molecule has 70 valence electrons. The molecule has 0 fully saturated rings. The maximum Gasteiger partial charge on any atom is 0.319 e. The Morgan fingerprint density at radius 1 is 1.42 bits per heavy atom. The summed E-state index contributed by atoms with van der Waals surface area (Å²) in [5, 5.41) is 2.61. The average molecular weight is 194 g/mol. The molecular weight excluding hydrogens is 182 g/mol. The lowest BCUT2D eigenvalue weighted by Gasteiger charge is -2.01. The van der Waals surface area contributed by atoms with Gasteiger partial charge in [-0.3, -0.25) is 9.59 Å². The fourth-order valence-electron chi connectivity index (χ4n) is 0.563. The number of halogens is 1. The first kappa shape index (κ1) is 11.4. The molecule has 5 heteroatoms. The molecule has 0 aliphatic carbocycles. The minimum atomic E-state index is -0.361. The Balaban J connectivity index is 3.30. The van der Waals surface area contributed by atoms with E-state index in [1.165, 1.54) is 0 Å². The fourth-order valence-corrected chi connectivity index (χ4v) is 0.658. The van der Waals surface area contributed by atoms with Gasteiger partial charge in [0.2, 0.25) is 0 Å². The number of Topliss-reactive ketones (excluding diaryl/α,β-unsaturated/α-hetero) is 1. The monoisotopic (exact) mass is 193 g/mol. The number of carbonyl (C=O) groups is 2. The molecule has 12 heavy (non-hydrogen) atoms. The molecule has 0 aromatic rings. The molecule has 0 aromatic carbocycles. The highest BCUT2D eigenvalue weighted by Crippen LogP contribution is 1.78. The smallest absolute Gasteiger partial charge is 0.319 e. The van der Waals surface area contributed by atoms with Gasteiger partial charge < -0.3 is 10.1 Å². The van der Waals surface area contributed by atoms with Crippen molar-refractivity contribution in [3.05, 3.63) is 0 Å². The van der Waals surface area contributed by atoms with E-state index in [2.05, 4.69) is 10.1 Å². The van der Waals surface area contributed by atoms with E-state index in [9.17, 15) is 9.59 Å². The van der Waals surface area contributed by atoms with Crippen molar-refractivity contribution in [1.29, 1.82) is 0 Å². The summed E-state index contributed by atoms with van der Waals surface area (Å²) >= 11 is 5.22. The Labute approximate surface area is 76.2 Å². The van der Waals surface area contributed by atoms with Gasteiger partial charge in [0.1, 0.15) is 0 Å². The summed E-state index contributed by atoms with van der Waals surface area (Å²) < 4.78 is 4.61. The molecule has 0 radical (unpaired) electrons. The summed E-state index contributed by atoms with van der Waals surface area (Å²) in [6.45, 7) is 2.24. The summed E-state index contributed by atoms with van der Waals surface area (Å²) in [7, 11) is 0. The summed E-state index contributed by atoms with van der Waals surface area (Å²) in [6, 6.07) is 0. The number of rotatable bonds is 6. The number of esters is 1. The molecule has 4 nitrogen and oxygen atoms in total. The normalized spacial score (nSPS) is 9.50. The number of hydrogen-bond acceptors (Lipinski definition) is 4. The van der Waals surface area contributed by atoms with Crippen LogP contribution < -0.4 is 5.32 Å². The van der Waals surface area contributed by atoms with Gasteiger partial charge in [-0.05, 0) is 6.92 Å². The highest BCUT2D eigenvalue weighted by Gasteiger charge is 2.02. The molecule has 0 spiro atoms. The van der Waals surface area contributed by atoms with Crippen LogP contribution in [0.3, 0.4) is 0 Å². The third-order valence-electron chi connectivity index (χ3n) is 1.05. The van der Waals surface area contributed by atoms with E-state index in [0.29, 0.717) is 6.61 Å². The fraction of sp³-hybridized carbons (Fsp3) is 0.714. The third-order valence-corrected chi connectivity index (χ3v) is 1.34. The number of hydrogen-bond donors (Lipinski definition) is 1. The minimum Gasteiger partial charge on any atom is -0.465 e. The zero-order valence-corrected chi connectivity index (χ0v) is 7.69. The highest BCUT2D eigenvalue weighted by atomic mass is 35.5. The maximum atomic E-state index is 10.7. The van der Waals surface area contributed by atoms with Crippen molar-refractivity contribution >= 4 is 23.4 Å². The van der Waals surface area contributed by atoms with Gasteiger partial charge in [0.25, 0.3) is 0 Å². The second-order valence-corrected chi connectivity index (χ2v) is 2.35. The standard InChI is InChI=1S/C7H12ClNO3/c1-2-12-7(11)5-9-4-6(10)3-8/h9H,2-5H2,1H3. The van der Waals surface area contributed by atoms with Crippen LogP contribution >= 0.6 is 11.6 Å². The first-order valence-corrected chi connectivity index (χ1v) is 4.18. The molecule has 0 aliphatic heterocycles. The second-order valence-electron chi connectivity index (χ2n) is 2.08. The summed E-state index contributed by atoms with van der Waals surface area (Å²) in [6.07, 6.45) is 0. The van der Waals surface area contributed by atoms with Crippen LogP contribution in [0.1, 0.15) is 6.92 Å². The van der Waals surface area contributed by atoms with Gasteiger partial charge in [-0.15, -0.1) is 11.6 Å². The zero-order chi connectivity index (χ0) is 9.40. The zero-order valence-electron chi connectivity index (χ0n) is 6.93. The van der Waals surface area contributed by atoms with E-state index in [1.807, 2.05) is 0 Å². The van der Waals surface area contributed by atoms with Crippen molar-refractivity contribution in [3.63, 3.8) is 0 Å². The lowest BCUT2D eigenvalue weighted by molar-refractivity contribution is -0.141. The summed E-state index contributed by atoms with van der Waals surface area (Å²) in [5.41, 5.74) is 0. The Morgan fingerprint density at radius 2 is 2.08 bits per heavy atom. The molecule has 0 saturated heterocycles. The van der Waals surface area contributed by atoms with Crippen molar-refractivity contribution < 1.29 is 14.3 Å². The molecule has 0 heterocycles. The van der Waals surface area contributed by atoms with Gasteiger partial charge in [0.15, 0.2) is 5.78 Å². The minimum absolute atomic E-state index is 0.0319. The largest absolute Gasteiger partial charge is 0.465 e. The van der Waals surface area contributed by atoms with Crippen molar-refractivity contribution in [2.75, 3.05) is 25.6 Å². The molecule has 0 unspecified atom stereocenters. The first-order valence-electron chi connectivity index (χ1n) is 3.64. The van der Waals surface area contributed by atoms with E-state index in [-0.39, 0.29) is 30.7 Å². The molecule has 0 saturated carbocycles. The van der Waals surface area contributed by atoms with Gasteiger partial charge in [-0.25, -0.2) is 0 Å². The van der Waals surface area contributed by atoms with E-state index in [1.54, 1.807) is 6.92 Å². The van der Waals surface area contributed by atoms with E-state index in [4.69, 9.17) is 11.6 Å². The molecule has 0 amide bonds. The molecule has 1 N–H and O–H groups in total. The second kappa shape index (κ2) is 7.06. The number of nitrogens with one attached hydrogen (secondary N) is 1. The predicted octanol–water partition coefficient (Wildman–Crippen LogP) is -0.0530. The lowest BCUT2D eigenvalue weighted by Crippen LogP contribution is -2.30. The predicted molar refractivity (Wildman–Crippen MR) is 45.2 cm³/mol. The summed E-state index contributed by atoms with van der Waals surface area (Å²) in [4.78, 5) is 21.3. The average Bonchev–Trinajstić information content (AvgIpc) is 2.04. The van der Waals surface area contributed by atoms with Crippen molar-refractivity contribution in [2.45, 2.75) is 6.92 Å². The molecule has 0 aromatic heterocycles. The van der Waals surface area contributed by atoms with Gasteiger partial charge in [-0.1, -0.05) is 0 Å². The van der Waals surface area contributed by atoms with Crippen LogP contribution in [0.5, 0.6) is 0 Å². The van der Waals surface area contributed by atoms with Crippen LogP contribution in [-0.4, -0.2) is 37.3 Å². The Bertz CT molecular complexity index is 161. The number of alkyl halides is 1. The van der Waals surface area contributed by atoms with Gasteiger partial charge in [0, 0.05) is 0 Å². The van der Waals surface area contributed by atoms with Gasteiger partial charge in [-0.2, -0.15) is 0 Å². The molecule has 0 bridgehead atoms. The molecule has 0 atom stereocenters. The van der Waals surface area contributed by atoms with Crippen LogP contribution in [0, 0.1) is 0 Å². The first-order chi connectivity index (χ1) is 5.70. The van der Waals surface area contributed by atoms with Crippen LogP contribution in [0.15, 0.2) is 0 Å². The van der Waals surface area contributed by atoms with Crippen molar-refractivity contribution in [2.24, 2.45) is 0 Å². The number of ether oxygens (including phenoxy) is 1. The number of carbonyl (C=O) groups excluding carboxylic acids is 2. The van der Waals surface area contributed by atoms with Crippen LogP contribution in [0.25, 0.3) is 0 Å². The molecular formula is C7H12ClNO3. The van der Waals surface area contributed by atoms with E-state index in [0.717, 1.165) is 0 Å². The SMILES string of the molecule is CCOC(=O)CNCC(=O)CCl. The third kappa shape index (κ3) is 6.12. The highest BCUT2D eigenvalue weighted by molar-refractivity contribution is 6.27. The summed E-state index contributed by atoms with van der Waals surface area (Å²) in [5.74, 6) is -0.531. The molecule has 0 rings (SSSR count). The Morgan fingerprint density at radius 3 is 2.58 bits per heavy atom. The van der Waals surface area contributed by atoms with Crippen LogP contribution in [0.4, 0.5) is 0 Å². The number of ketones is 1. The molecule has 0 aliphatic rings. The lowest BCUT2D eigenvalue weighted by atomic mass is 10.4. The van der Waals surface area contributed by atoms with Crippen molar-refractivity contribution in [1.82, 2.24) is 5.32 Å². The Hall–Kier alpha value is -0.610. The Kier molecular flexibility index (Phi) is 6.70. The van der Waals surface area contributed by atoms with Gasteiger partial charge >= 0.3 is 5.97 Å². The van der Waals surface area contributed by atoms with E-state index >= 15 is 0 Å². The van der Waals surface area contributed by atoms with Crippen LogP contribution in [0.2, 0.25) is 0 Å². The van der Waals surface area contributed by atoms with E-state index < -0.39 is 0 Å². The van der Waals surface area contributed by atoms with Crippen molar-refractivity contribution in [3.8, 4) is 0 Å². The van der Waals surface area contributed by atoms with Crippen LogP contribution in [-0.2, 0) is 14.3 Å². The van der Waals surface area contributed by atoms with Gasteiger partial charge in [0.05, 0.1) is 25.6 Å².